The Morgan fingerprint density at radius 2 is 1.90 bits per heavy atom. The average Bonchev–Trinajstić information content (AvgIpc) is 2.87. The molecular weight excluding hydrogens is 250 g/mol. The lowest BCUT2D eigenvalue weighted by Crippen LogP contribution is -2.51. The van der Waals surface area contributed by atoms with Crippen LogP contribution in [0.5, 0.6) is 0 Å². The number of hydrogen-bond donors (Lipinski definition) is 1. The lowest BCUT2D eigenvalue weighted by Gasteiger charge is -2.40. The van der Waals surface area contributed by atoms with Crippen molar-refractivity contribution in [1.82, 2.24) is 9.80 Å². The number of nitrogens with zero attached hydrogens (tertiary/aromatic N) is 2. The summed E-state index contributed by atoms with van der Waals surface area (Å²) in [6, 6.07) is 4.49. The van der Waals surface area contributed by atoms with E-state index in [1.54, 1.807) is 0 Å². The molecule has 2 N–H and O–H groups in total. The van der Waals surface area contributed by atoms with E-state index in [-0.39, 0.29) is 12.1 Å². The first-order valence-electron chi connectivity index (χ1n) is 7.94. The standard InChI is InChI=1S/C16H29N3O/c1-4-8-18-9-11-19(12-10-18)16(14(17)5-2)15-7-6-13(3)20-15/h6-7,14,16H,4-5,8-12,17H2,1-3H3. The quantitative estimate of drug-likeness (QED) is 0.868. The topological polar surface area (TPSA) is 45.6 Å². The maximum atomic E-state index is 6.37. The zero-order valence-electron chi connectivity index (χ0n) is 13.1. The Hall–Kier alpha value is -0.840. The van der Waals surface area contributed by atoms with Crippen LogP contribution in [-0.4, -0.2) is 48.6 Å². The first-order chi connectivity index (χ1) is 9.65. The highest BCUT2D eigenvalue weighted by atomic mass is 16.3. The van der Waals surface area contributed by atoms with Gasteiger partial charge in [0.15, 0.2) is 0 Å². The van der Waals surface area contributed by atoms with Crippen molar-refractivity contribution in [1.29, 1.82) is 0 Å². The molecule has 2 atom stereocenters. The van der Waals surface area contributed by atoms with Gasteiger partial charge in [-0.2, -0.15) is 0 Å². The van der Waals surface area contributed by atoms with Gasteiger partial charge in [-0.15, -0.1) is 0 Å². The van der Waals surface area contributed by atoms with Crippen molar-refractivity contribution in [2.75, 3.05) is 32.7 Å². The maximum absolute atomic E-state index is 6.37. The van der Waals surface area contributed by atoms with Crippen LogP contribution >= 0.6 is 0 Å². The van der Waals surface area contributed by atoms with E-state index in [1.165, 1.54) is 13.0 Å². The summed E-state index contributed by atoms with van der Waals surface area (Å²) in [7, 11) is 0. The van der Waals surface area contributed by atoms with Crippen LogP contribution < -0.4 is 5.73 Å². The molecule has 1 aliphatic rings. The Labute approximate surface area is 122 Å². The van der Waals surface area contributed by atoms with E-state index in [4.69, 9.17) is 10.2 Å². The van der Waals surface area contributed by atoms with E-state index in [9.17, 15) is 0 Å². The second-order valence-corrected chi connectivity index (χ2v) is 5.84. The molecule has 2 unspecified atom stereocenters. The summed E-state index contributed by atoms with van der Waals surface area (Å²) in [6.45, 7) is 12.0. The molecule has 0 aromatic carbocycles. The Bertz CT molecular complexity index is 396. The fourth-order valence-corrected chi connectivity index (χ4v) is 3.08. The van der Waals surface area contributed by atoms with Crippen LogP contribution in [0, 0.1) is 6.92 Å². The molecule has 4 nitrogen and oxygen atoms in total. The van der Waals surface area contributed by atoms with E-state index in [0.29, 0.717) is 0 Å². The van der Waals surface area contributed by atoms with E-state index in [1.807, 2.05) is 13.0 Å². The molecule has 20 heavy (non-hydrogen) atoms. The summed E-state index contributed by atoms with van der Waals surface area (Å²) in [5, 5.41) is 0. The fraction of sp³-hybridized carbons (Fsp3) is 0.750. The molecule has 1 saturated heterocycles. The third-order valence-electron chi connectivity index (χ3n) is 4.27. The van der Waals surface area contributed by atoms with E-state index >= 15 is 0 Å². The van der Waals surface area contributed by atoms with Gasteiger partial charge in [0.1, 0.15) is 11.5 Å². The summed E-state index contributed by atoms with van der Waals surface area (Å²) >= 11 is 0. The van der Waals surface area contributed by atoms with Gasteiger partial charge in [-0.3, -0.25) is 4.90 Å². The lowest BCUT2D eigenvalue weighted by molar-refractivity contribution is 0.0733. The molecule has 1 aliphatic heterocycles. The molecule has 0 aliphatic carbocycles. The second-order valence-electron chi connectivity index (χ2n) is 5.84. The van der Waals surface area contributed by atoms with Crippen molar-refractivity contribution in [3.05, 3.63) is 23.7 Å². The highest BCUT2D eigenvalue weighted by Crippen LogP contribution is 2.27. The van der Waals surface area contributed by atoms with Gasteiger partial charge in [-0.25, -0.2) is 0 Å². The number of rotatable bonds is 6. The van der Waals surface area contributed by atoms with Crippen LogP contribution in [0.1, 0.15) is 44.3 Å². The Morgan fingerprint density at radius 3 is 2.40 bits per heavy atom. The lowest BCUT2D eigenvalue weighted by atomic mass is 10.0. The minimum Gasteiger partial charge on any atom is -0.465 e. The normalized spacial score (nSPS) is 21.0. The van der Waals surface area contributed by atoms with Crippen molar-refractivity contribution in [2.45, 2.75) is 45.7 Å². The summed E-state index contributed by atoms with van der Waals surface area (Å²) in [4.78, 5) is 5.04. The largest absolute Gasteiger partial charge is 0.465 e. The molecule has 0 bridgehead atoms. The first kappa shape index (κ1) is 15.5. The monoisotopic (exact) mass is 279 g/mol. The number of furan rings is 1. The van der Waals surface area contributed by atoms with Crippen molar-refractivity contribution < 1.29 is 4.42 Å². The molecule has 4 heteroatoms. The Kier molecular flexibility index (Phi) is 5.64. The predicted molar refractivity (Wildman–Crippen MR) is 82.8 cm³/mol. The van der Waals surface area contributed by atoms with Crippen molar-refractivity contribution >= 4 is 0 Å². The number of aryl methyl sites for hydroxylation is 1. The van der Waals surface area contributed by atoms with E-state index in [2.05, 4.69) is 29.7 Å². The fourth-order valence-electron chi connectivity index (χ4n) is 3.08. The molecule has 2 heterocycles. The molecule has 1 aromatic rings. The zero-order chi connectivity index (χ0) is 14.5. The molecule has 1 aromatic heterocycles. The van der Waals surface area contributed by atoms with E-state index in [0.717, 1.165) is 44.1 Å². The highest BCUT2D eigenvalue weighted by Gasteiger charge is 2.30. The van der Waals surface area contributed by atoms with Crippen LogP contribution in [0.4, 0.5) is 0 Å². The molecule has 0 saturated carbocycles. The number of nitrogens with two attached hydrogens (primary N) is 1. The van der Waals surface area contributed by atoms with E-state index < -0.39 is 0 Å². The van der Waals surface area contributed by atoms with Crippen LogP contribution in [0.2, 0.25) is 0 Å². The zero-order valence-corrected chi connectivity index (χ0v) is 13.1. The minimum absolute atomic E-state index is 0.137. The third kappa shape index (κ3) is 3.62. The molecule has 114 valence electrons. The van der Waals surface area contributed by atoms with Gasteiger partial charge >= 0.3 is 0 Å². The summed E-state index contributed by atoms with van der Waals surface area (Å²) in [5.74, 6) is 2.00. The van der Waals surface area contributed by atoms with Crippen molar-refractivity contribution in [3.63, 3.8) is 0 Å². The van der Waals surface area contributed by atoms with Crippen LogP contribution in [-0.2, 0) is 0 Å². The predicted octanol–water partition coefficient (Wildman–Crippen LogP) is 2.39. The summed E-state index contributed by atoms with van der Waals surface area (Å²) in [5.41, 5.74) is 6.37. The molecular formula is C16H29N3O. The van der Waals surface area contributed by atoms with Crippen LogP contribution in [0.25, 0.3) is 0 Å². The Morgan fingerprint density at radius 1 is 1.20 bits per heavy atom. The molecule has 1 fully saturated rings. The molecule has 2 rings (SSSR count). The maximum Gasteiger partial charge on any atom is 0.122 e. The first-order valence-corrected chi connectivity index (χ1v) is 7.94. The smallest absolute Gasteiger partial charge is 0.122 e. The molecule has 0 radical (unpaired) electrons. The van der Waals surface area contributed by atoms with Gasteiger partial charge in [0.2, 0.25) is 0 Å². The number of hydrogen-bond acceptors (Lipinski definition) is 4. The molecule has 0 spiro atoms. The second kappa shape index (κ2) is 7.25. The van der Waals surface area contributed by atoms with Gasteiger partial charge in [-0.1, -0.05) is 13.8 Å². The Balaban J connectivity index is 2.05. The van der Waals surface area contributed by atoms with Gasteiger partial charge in [0, 0.05) is 32.2 Å². The minimum atomic E-state index is 0.137. The van der Waals surface area contributed by atoms with Gasteiger partial charge in [-0.05, 0) is 38.4 Å². The van der Waals surface area contributed by atoms with Gasteiger partial charge in [0.25, 0.3) is 0 Å². The SMILES string of the molecule is CCCN1CCN(C(c2ccc(C)o2)C(N)CC)CC1. The number of piperazine rings is 1. The van der Waals surface area contributed by atoms with Crippen molar-refractivity contribution in [2.24, 2.45) is 5.73 Å². The van der Waals surface area contributed by atoms with Crippen molar-refractivity contribution in [3.8, 4) is 0 Å². The summed E-state index contributed by atoms with van der Waals surface area (Å²) < 4.78 is 5.86. The van der Waals surface area contributed by atoms with Gasteiger partial charge in [0.05, 0.1) is 6.04 Å². The highest BCUT2D eigenvalue weighted by molar-refractivity contribution is 5.12. The third-order valence-corrected chi connectivity index (χ3v) is 4.27. The van der Waals surface area contributed by atoms with Crippen LogP contribution in [0.3, 0.4) is 0 Å². The van der Waals surface area contributed by atoms with Gasteiger partial charge < -0.3 is 15.1 Å². The van der Waals surface area contributed by atoms with Crippen LogP contribution in [0.15, 0.2) is 16.5 Å². The molecule has 0 amide bonds. The average molecular weight is 279 g/mol. The summed E-state index contributed by atoms with van der Waals surface area (Å²) in [6.07, 6.45) is 2.20.